The van der Waals surface area contributed by atoms with Crippen LogP contribution in [0.25, 0.3) is 0 Å². The number of aryl methyl sites for hydroxylation is 1. The van der Waals surface area contributed by atoms with E-state index in [0.29, 0.717) is 46.5 Å². The summed E-state index contributed by atoms with van der Waals surface area (Å²) in [7, 11) is 5.14. The third-order valence-corrected chi connectivity index (χ3v) is 7.80. The van der Waals surface area contributed by atoms with Gasteiger partial charge in [-0.25, -0.2) is 19.3 Å². The number of ether oxygens (including phenoxy) is 1. The van der Waals surface area contributed by atoms with Crippen molar-refractivity contribution in [3.05, 3.63) is 105 Å². The Morgan fingerprint density at radius 3 is 2.53 bits per heavy atom. The number of H-pyrrole nitrogens is 1. The van der Waals surface area contributed by atoms with Gasteiger partial charge in [0.2, 0.25) is 5.95 Å². The van der Waals surface area contributed by atoms with Gasteiger partial charge >= 0.3 is 23.8 Å². The predicted octanol–water partition coefficient (Wildman–Crippen LogP) is 4.64. The van der Waals surface area contributed by atoms with Crippen molar-refractivity contribution in [1.29, 1.82) is 5.26 Å². The van der Waals surface area contributed by atoms with Crippen LogP contribution in [0.5, 0.6) is 0 Å². The second-order valence-corrected chi connectivity index (χ2v) is 11.1. The van der Waals surface area contributed by atoms with Crippen LogP contribution in [0.15, 0.2) is 77.0 Å². The molecule has 0 amide bonds. The zero-order chi connectivity index (χ0) is 32.5. The van der Waals surface area contributed by atoms with Crippen LogP contribution in [0.1, 0.15) is 41.6 Å². The van der Waals surface area contributed by atoms with Gasteiger partial charge in [0.15, 0.2) is 0 Å². The summed E-state index contributed by atoms with van der Waals surface area (Å²) in [6.45, 7) is 2.19. The molecule has 0 saturated carbocycles. The first-order valence-corrected chi connectivity index (χ1v) is 13.9. The third-order valence-electron chi connectivity index (χ3n) is 7.80. The summed E-state index contributed by atoms with van der Waals surface area (Å²) in [5.41, 5.74) is 0.349. The summed E-state index contributed by atoms with van der Waals surface area (Å²) < 4.78 is 47.7. The van der Waals surface area contributed by atoms with Crippen LogP contribution in [0.3, 0.4) is 0 Å². The maximum absolute atomic E-state index is 13.6. The summed E-state index contributed by atoms with van der Waals surface area (Å²) in [6, 6.07) is 12.3. The number of halogens is 3. The van der Waals surface area contributed by atoms with Gasteiger partial charge in [0.05, 0.1) is 50.5 Å². The number of rotatable bonds is 8. The molecule has 11 nitrogen and oxygen atoms in total. The van der Waals surface area contributed by atoms with Crippen molar-refractivity contribution in [1.82, 2.24) is 29.2 Å². The number of anilines is 2. The molecule has 3 heterocycles. The van der Waals surface area contributed by atoms with Crippen molar-refractivity contribution >= 4 is 23.6 Å². The molecule has 0 unspecified atom stereocenters. The minimum absolute atomic E-state index is 0.0104. The molecular formula is C31H30F3N8O3+. The average molecular weight is 620 g/mol. The van der Waals surface area contributed by atoms with E-state index in [1.807, 2.05) is 14.1 Å². The Labute approximate surface area is 256 Å². The number of carbonyl (C=O) groups is 1. The van der Waals surface area contributed by atoms with Crippen molar-refractivity contribution in [2.24, 2.45) is 0 Å². The number of esters is 1. The van der Waals surface area contributed by atoms with Gasteiger partial charge in [-0.15, -0.1) is 5.10 Å². The number of aromatic nitrogens is 5. The van der Waals surface area contributed by atoms with E-state index in [2.05, 4.69) is 26.2 Å². The van der Waals surface area contributed by atoms with E-state index in [9.17, 15) is 28.0 Å². The van der Waals surface area contributed by atoms with Gasteiger partial charge in [-0.2, -0.15) is 28.4 Å². The first-order chi connectivity index (χ1) is 21.4. The first-order valence-electron chi connectivity index (χ1n) is 13.9. The molecule has 0 aliphatic carbocycles. The highest BCUT2D eigenvalue weighted by molar-refractivity contribution is 5.93. The summed E-state index contributed by atoms with van der Waals surface area (Å²) in [5.74, 6) is -0.155. The summed E-state index contributed by atoms with van der Waals surface area (Å²) in [5, 5.41) is 16.2. The number of hydrogen-bond acceptors (Lipinski definition) is 8. The van der Waals surface area contributed by atoms with E-state index in [1.54, 1.807) is 43.6 Å². The smallest absolute Gasteiger partial charge is 0.416 e. The molecule has 14 heteroatoms. The lowest BCUT2D eigenvalue weighted by atomic mass is 9.88. The lowest BCUT2D eigenvalue weighted by molar-refractivity contribution is -0.138. The van der Waals surface area contributed by atoms with Crippen LogP contribution < -0.4 is 15.1 Å². The lowest BCUT2D eigenvalue weighted by Crippen LogP contribution is -2.43. The average Bonchev–Trinajstić information content (AvgIpc) is 3.40. The summed E-state index contributed by atoms with van der Waals surface area (Å²) in [6.07, 6.45) is -0.195. The second-order valence-electron chi connectivity index (χ2n) is 11.1. The minimum atomic E-state index is -4.63. The van der Waals surface area contributed by atoms with Crippen LogP contribution in [0.2, 0.25) is 0 Å². The van der Waals surface area contributed by atoms with E-state index < -0.39 is 29.4 Å². The molecule has 0 spiro atoms. The van der Waals surface area contributed by atoms with Crippen LogP contribution in [0, 0.1) is 11.3 Å². The lowest BCUT2D eigenvalue weighted by Gasteiger charge is -2.36. The van der Waals surface area contributed by atoms with E-state index in [-0.39, 0.29) is 22.9 Å². The molecule has 1 aliphatic heterocycles. The fraction of sp³-hybridized carbons (Fsp3) is 0.290. The second kappa shape index (κ2) is 12.0. The van der Waals surface area contributed by atoms with E-state index >= 15 is 0 Å². The van der Waals surface area contributed by atoms with Gasteiger partial charge in [0.25, 0.3) is 0 Å². The molecule has 1 atom stereocenters. The number of quaternary nitrogens is 1. The number of nitrogens with one attached hydrogen (secondary N) is 1. The normalized spacial score (nSPS) is 15.1. The van der Waals surface area contributed by atoms with Crippen LogP contribution >= 0.6 is 0 Å². The van der Waals surface area contributed by atoms with Gasteiger partial charge in [0.1, 0.15) is 6.04 Å². The quantitative estimate of drug-likeness (QED) is 0.223. The highest BCUT2D eigenvalue weighted by Crippen LogP contribution is 2.43. The molecule has 2 aromatic carbocycles. The monoisotopic (exact) mass is 619 g/mol. The van der Waals surface area contributed by atoms with E-state index in [0.717, 1.165) is 12.1 Å². The Bertz CT molecular complexity index is 1870. The molecule has 232 valence electrons. The zero-order valence-corrected chi connectivity index (χ0v) is 25.0. The fourth-order valence-electron chi connectivity index (χ4n) is 5.61. The van der Waals surface area contributed by atoms with Gasteiger partial charge in [-0.1, -0.05) is 12.1 Å². The zero-order valence-electron chi connectivity index (χ0n) is 25.0. The SMILES string of the molecule is COC(=O)C1=C(C)N(c2cccc(C(F)(F)F)c2)c2n[nH]c(=O)n2[C@@H]1c1ccc(C#N)cc1CCC[N+](C)(C)c1ncccn1. The highest BCUT2D eigenvalue weighted by Gasteiger charge is 2.41. The van der Waals surface area contributed by atoms with E-state index in [1.165, 1.54) is 28.7 Å². The fourth-order valence-corrected chi connectivity index (χ4v) is 5.61. The number of fused-ring (bicyclic) bond motifs is 1. The standard InChI is InChI=1S/C31H29F3N8O3/c1-19-25(27(43)45-4)26(41-29(38-39-30(41)44)40(19)23-10-5-9-22(17-23)31(32,33)34)24-12-11-20(18-35)16-21(24)8-6-15-42(2,3)28-36-13-7-14-37-28/h5,7,9-14,16-17,26H,6,8,15H2,1-4H3/p+1/t26-/m1/s1. The Kier molecular flexibility index (Phi) is 8.31. The van der Waals surface area contributed by atoms with Crippen LogP contribution in [-0.4, -0.2) is 58.5 Å². The predicted molar refractivity (Wildman–Crippen MR) is 159 cm³/mol. The van der Waals surface area contributed by atoms with Gasteiger partial charge < -0.3 is 4.74 Å². The molecule has 0 bridgehead atoms. The number of alkyl halides is 3. The molecule has 4 aromatic rings. The van der Waals surface area contributed by atoms with Gasteiger partial charge in [0, 0.05) is 30.2 Å². The van der Waals surface area contributed by atoms with Crippen molar-refractivity contribution in [3.8, 4) is 6.07 Å². The maximum atomic E-state index is 13.6. The van der Waals surface area contributed by atoms with Crippen molar-refractivity contribution in [2.45, 2.75) is 32.0 Å². The third kappa shape index (κ3) is 5.94. The minimum Gasteiger partial charge on any atom is -0.466 e. The van der Waals surface area contributed by atoms with Crippen molar-refractivity contribution in [3.63, 3.8) is 0 Å². The number of methoxy groups -OCH3 is 1. The number of allylic oxidation sites excluding steroid dienone is 1. The molecule has 1 aliphatic rings. The number of aromatic amines is 1. The summed E-state index contributed by atoms with van der Waals surface area (Å²) in [4.78, 5) is 36.8. The molecule has 0 saturated heterocycles. The Balaban J connectivity index is 1.63. The Morgan fingerprint density at radius 2 is 1.87 bits per heavy atom. The number of nitrogens with zero attached hydrogens (tertiary/aromatic N) is 7. The van der Waals surface area contributed by atoms with Crippen LogP contribution in [0.4, 0.5) is 30.8 Å². The molecule has 45 heavy (non-hydrogen) atoms. The van der Waals surface area contributed by atoms with Gasteiger partial charge in [-0.3, -0.25) is 9.38 Å². The molecule has 5 rings (SSSR count). The number of hydrogen-bond donors (Lipinski definition) is 1. The number of nitriles is 1. The Hall–Kier alpha value is -5.29. The number of carbonyl (C=O) groups excluding carboxylic acids is 1. The molecule has 1 N–H and O–H groups in total. The molecule has 0 radical (unpaired) electrons. The Morgan fingerprint density at radius 1 is 1.13 bits per heavy atom. The first kappa shape index (κ1) is 31.1. The van der Waals surface area contributed by atoms with Crippen LogP contribution in [-0.2, 0) is 22.1 Å². The molecule has 0 fully saturated rings. The number of benzene rings is 2. The topological polar surface area (TPSA) is 130 Å². The van der Waals surface area contributed by atoms with Crippen molar-refractivity contribution in [2.75, 3.05) is 32.6 Å². The highest BCUT2D eigenvalue weighted by atomic mass is 19.4. The largest absolute Gasteiger partial charge is 0.466 e. The maximum Gasteiger partial charge on any atom is 0.416 e. The van der Waals surface area contributed by atoms with Gasteiger partial charge in [-0.05, 0) is 60.9 Å². The summed E-state index contributed by atoms with van der Waals surface area (Å²) >= 11 is 0. The van der Waals surface area contributed by atoms with Crippen molar-refractivity contribution < 1.29 is 22.7 Å². The molecule has 2 aromatic heterocycles. The molecular weight excluding hydrogens is 589 g/mol. The van der Waals surface area contributed by atoms with E-state index in [4.69, 9.17) is 4.74 Å².